The summed E-state index contributed by atoms with van der Waals surface area (Å²) in [5.41, 5.74) is -0.298. The minimum Gasteiger partial charge on any atom is -0.385 e. The van der Waals surface area contributed by atoms with Gasteiger partial charge in [-0.2, -0.15) is 13.2 Å². The van der Waals surface area contributed by atoms with Crippen LogP contribution in [0, 0.1) is 12.3 Å². The quantitative estimate of drug-likeness (QED) is 0.707. The molecule has 1 fully saturated rings. The lowest BCUT2D eigenvalue weighted by molar-refractivity contribution is -0.137. The molecular weight excluding hydrogens is 277 g/mol. The maximum atomic E-state index is 12.7. The first-order chi connectivity index (χ1) is 9.54. The van der Waals surface area contributed by atoms with Gasteiger partial charge in [0.05, 0.1) is 11.2 Å². The van der Waals surface area contributed by atoms with Gasteiger partial charge in [0.15, 0.2) is 0 Å². The van der Waals surface area contributed by atoms with Crippen molar-refractivity contribution < 1.29 is 18.3 Å². The Labute approximate surface area is 124 Å². The fourth-order valence-electron chi connectivity index (χ4n) is 3.29. The molecule has 1 saturated carbocycles. The average molecular weight is 300 g/mol. The first-order valence-corrected chi connectivity index (χ1v) is 7.44. The van der Waals surface area contributed by atoms with Crippen molar-refractivity contribution >= 4 is 0 Å². The number of alkyl halides is 3. The van der Waals surface area contributed by atoms with Crippen molar-refractivity contribution in [3.63, 3.8) is 0 Å². The molecule has 0 amide bonds. The maximum absolute atomic E-state index is 12.7. The van der Waals surface area contributed by atoms with Gasteiger partial charge in [0.2, 0.25) is 0 Å². The zero-order valence-corrected chi connectivity index (χ0v) is 12.8. The predicted octanol–water partition coefficient (Wildman–Crippen LogP) is 5.19. The van der Waals surface area contributed by atoms with Crippen molar-refractivity contribution in [3.8, 4) is 0 Å². The van der Waals surface area contributed by atoms with Crippen molar-refractivity contribution in [1.29, 1.82) is 0 Å². The summed E-state index contributed by atoms with van der Waals surface area (Å²) in [5.74, 6) is 0. The molecule has 1 aromatic carbocycles. The molecule has 0 radical (unpaired) electrons. The number of aryl methyl sites for hydroxylation is 1. The van der Waals surface area contributed by atoms with Gasteiger partial charge in [0.25, 0.3) is 0 Å². The van der Waals surface area contributed by atoms with Gasteiger partial charge in [-0.05, 0) is 67.7 Å². The third kappa shape index (κ3) is 3.60. The van der Waals surface area contributed by atoms with Gasteiger partial charge in [0.1, 0.15) is 0 Å². The SMILES string of the molecule is Cc1cc(C(F)(F)F)ccc1C1(O)CCCC(C)(C)CC1. The van der Waals surface area contributed by atoms with Crippen LogP contribution < -0.4 is 0 Å². The summed E-state index contributed by atoms with van der Waals surface area (Å²) in [4.78, 5) is 0. The summed E-state index contributed by atoms with van der Waals surface area (Å²) in [5, 5.41) is 10.9. The molecule has 118 valence electrons. The summed E-state index contributed by atoms with van der Waals surface area (Å²) < 4.78 is 38.2. The predicted molar refractivity (Wildman–Crippen MR) is 76.9 cm³/mol. The van der Waals surface area contributed by atoms with Crippen LogP contribution in [-0.4, -0.2) is 5.11 Å². The van der Waals surface area contributed by atoms with E-state index in [1.807, 2.05) is 0 Å². The fourth-order valence-corrected chi connectivity index (χ4v) is 3.29. The molecule has 0 saturated heterocycles. The Hall–Kier alpha value is -1.03. The van der Waals surface area contributed by atoms with E-state index < -0.39 is 17.3 Å². The van der Waals surface area contributed by atoms with Gasteiger partial charge >= 0.3 is 6.18 Å². The van der Waals surface area contributed by atoms with E-state index in [2.05, 4.69) is 13.8 Å². The molecular formula is C17H23F3O. The molecule has 1 atom stereocenters. The van der Waals surface area contributed by atoms with Crippen molar-refractivity contribution in [2.45, 2.75) is 64.7 Å². The van der Waals surface area contributed by atoms with E-state index in [0.717, 1.165) is 31.4 Å². The van der Waals surface area contributed by atoms with E-state index in [0.29, 0.717) is 24.0 Å². The lowest BCUT2D eigenvalue weighted by atomic mass is 9.81. The fraction of sp³-hybridized carbons (Fsp3) is 0.647. The van der Waals surface area contributed by atoms with Crippen LogP contribution in [0.25, 0.3) is 0 Å². The van der Waals surface area contributed by atoms with Crippen LogP contribution in [-0.2, 0) is 11.8 Å². The monoisotopic (exact) mass is 300 g/mol. The molecule has 0 bridgehead atoms. The first kappa shape index (κ1) is 16.3. The second-order valence-corrected chi connectivity index (χ2v) is 7.08. The smallest absolute Gasteiger partial charge is 0.385 e. The van der Waals surface area contributed by atoms with Crippen LogP contribution in [0.2, 0.25) is 0 Å². The second-order valence-electron chi connectivity index (χ2n) is 7.08. The van der Waals surface area contributed by atoms with E-state index in [1.165, 1.54) is 6.07 Å². The summed E-state index contributed by atoms with van der Waals surface area (Å²) >= 11 is 0. The highest BCUT2D eigenvalue weighted by Crippen LogP contribution is 2.44. The molecule has 1 aliphatic carbocycles. The Balaban J connectivity index is 2.33. The van der Waals surface area contributed by atoms with Crippen LogP contribution in [0.15, 0.2) is 18.2 Å². The molecule has 1 aliphatic rings. The number of hydrogen-bond acceptors (Lipinski definition) is 1. The first-order valence-electron chi connectivity index (χ1n) is 7.44. The van der Waals surface area contributed by atoms with E-state index in [4.69, 9.17) is 0 Å². The van der Waals surface area contributed by atoms with Crippen LogP contribution in [0.4, 0.5) is 13.2 Å². The van der Waals surface area contributed by atoms with Gasteiger partial charge < -0.3 is 5.11 Å². The van der Waals surface area contributed by atoms with Gasteiger partial charge in [-0.3, -0.25) is 0 Å². The van der Waals surface area contributed by atoms with Gasteiger partial charge in [-0.1, -0.05) is 19.9 Å². The lowest BCUT2D eigenvalue weighted by Gasteiger charge is -2.30. The highest BCUT2D eigenvalue weighted by Gasteiger charge is 2.37. The number of rotatable bonds is 1. The minimum atomic E-state index is -4.34. The standard InChI is InChI=1S/C17H23F3O/c1-12-11-13(17(18,19)20)5-6-14(12)16(21)8-4-7-15(2,3)9-10-16/h5-6,11,21H,4,7-10H2,1-3H3. The van der Waals surface area contributed by atoms with E-state index in [-0.39, 0.29) is 5.41 Å². The zero-order valence-electron chi connectivity index (χ0n) is 12.8. The summed E-state index contributed by atoms with van der Waals surface area (Å²) in [6.45, 7) is 6.01. The molecule has 1 unspecified atom stereocenters. The summed E-state index contributed by atoms with van der Waals surface area (Å²) in [6.07, 6.45) is -0.310. The van der Waals surface area contributed by atoms with Gasteiger partial charge in [-0.25, -0.2) is 0 Å². The van der Waals surface area contributed by atoms with Crippen molar-refractivity contribution in [2.75, 3.05) is 0 Å². The van der Waals surface area contributed by atoms with Crippen LogP contribution >= 0.6 is 0 Å². The van der Waals surface area contributed by atoms with E-state index in [9.17, 15) is 18.3 Å². The Morgan fingerprint density at radius 2 is 1.71 bits per heavy atom. The number of aliphatic hydroxyl groups is 1. The molecule has 1 N–H and O–H groups in total. The Bertz CT molecular complexity index is 519. The molecule has 21 heavy (non-hydrogen) atoms. The third-order valence-electron chi connectivity index (χ3n) is 4.71. The van der Waals surface area contributed by atoms with Crippen LogP contribution in [0.5, 0.6) is 0 Å². The Kier molecular flexibility index (Phi) is 4.13. The number of hydrogen-bond donors (Lipinski definition) is 1. The molecule has 0 aromatic heterocycles. The Morgan fingerprint density at radius 3 is 2.29 bits per heavy atom. The van der Waals surface area contributed by atoms with Gasteiger partial charge in [0, 0.05) is 0 Å². The van der Waals surface area contributed by atoms with Crippen molar-refractivity contribution in [1.82, 2.24) is 0 Å². The van der Waals surface area contributed by atoms with Crippen molar-refractivity contribution in [3.05, 3.63) is 34.9 Å². The third-order valence-corrected chi connectivity index (χ3v) is 4.71. The van der Waals surface area contributed by atoms with Crippen molar-refractivity contribution in [2.24, 2.45) is 5.41 Å². The Morgan fingerprint density at radius 1 is 1.05 bits per heavy atom. The molecule has 4 heteroatoms. The summed E-state index contributed by atoms with van der Waals surface area (Å²) in [6, 6.07) is 3.68. The minimum absolute atomic E-state index is 0.185. The van der Waals surface area contributed by atoms with Crippen LogP contribution in [0.1, 0.15) is 62.6 Å². The normalized spacial score (nSPS) is 26.4. The number of halogens is 3. The topological polar surface area (TPSA) is 20.2 Å². The molecule has 0 spiro atoms. The van der Waals surface area contributed by atoms with Crippen LogP contribution in [0.3, 0.4) is 0 Å². The van der Waals surface area contributed by atoms with E-state index in [1.54, 1.807) is 6.92 Å². The largest absolute Gasteiger partial charge is 0.416 e. The average Bonchev–Trinajstić information content (AvgIpc) is 2.48. The molecule has 1 nitrogen and oxygen atoms in total. The molecule has 1 aromatic rings. The molecule has 0 aliphatic heterocycles. The molecule has 0 heterocycles. The second kappa shape index (κ2) is 5.31. The maximum Gasteiger partial charge on any atom is 0.416 e. The molecule has 2 rings (SSSR count). The van der Waals surface area contributed by atoms with E-state index >= 15 is 0 Å². The zero-order chi connectivity index (χ0) is 15.9. The lowest BCUT2D eigenvalue weighted by Crippen LogP contribution is -2.26. The highest BCUT2D eigenvalue weighted by molar-refractivity contribution is 5.36. The number of benzene rings is 1. The highest BCUT2D eigenvalue weighted by atomic mass is 19.4. The van der Waals surface area contributed by atoms with Gasteiger partial charge in [-0.15, -0.1) is 0 Å². The summed E-state index contributed by atoms with van der Waals surface area (Å²) in [7, 11) is 0.